The van der Waals surface area contributed by atoms with Crippen molar-refractivity contribution in [3.63, 3.8) is 0 Å². The van der Waals surface area contributed by atoms with Crippen LogP contribution in [0.1, 0.15) is 29.3 Å². The number of hydrogen-bond donors (Lipinski definition) is 2. The summed E-state index contributed by atoms with van der Waals surface area (Å²) in [6, 6.07) is -0.345. The van der Waals surface area contributed by atoms with Crippen LogP contribution < -0.4 is 5.32 Å². The van der Waals surface area contributed by atoms with Crippen LogP contribution in [0.15, 0.2) is 0 Å². The minimum atomic E-state index is -0.601. The van der Waals surface area contributed by atoms with E-state index in [4.69, 9.17) is 4.74 Å². The van der Waals surface area contributed by atoms with Crippen molar-refractivity contribution < 1.29 is 14.3 Å². The summed E-state index contributed by atoms with van der Waals surface area (Å²) in [6.45, 7) is 2.73. The van der Waals surface area contributed by atoms with Gasteiger partial charge in [0.1, 0.15) is 11.9 Å². The molecule has 2 heterocycles. The van der Waals surface area contributed by atoms with Crippen molar-refractivity contribution in [2.45, 2.75) is 31.8 Å². The van der Waals surface area contributed by atoms with Gasteiger partial charge < -0.3 is 15.0 Å². The van der Waals surface area contributed by atoms with Gasteiger partial charge in [-0.2, -0.15) is 0 Å². The van der Waals surface area contributed by atoms with E-state index in [9.17, 15) is 9.59 Å². The average molecular weight is 279 g/mol. The molecular formula is C12H17N5O3. The first-order valence-electron chi connectivity index (χ1n) is 6.73. The lowest BCUT2D eigenvalue weighted by atomic mass is 10.2. The van der Waals surface area contributed by atoms with E-state index in [1.807, 2.05) is 0 Å². The second-order valence-electron chi connectivity index (χ2n) is 5.12. The van der Waals surface area contributed by atoms with E-state index in [-0.39, 0.29) is 30.3 Å². The predicted molar refractivity (Wildman–Crippen MR) is 67.9 cm³/mol. The number of aryl methyl sites for hydroxylation is 1. The van der Waals surface area contributed by atoms with Crippen molar-refractivity contribution in [1.82, 2.24) is 25.4 Å². The highest BCUT2D eigenvalue weighted by molar-refractivity contribution is 5.95. The maximum absolute atomic E-state index is 12.4. The summed E-state index contributed by atoms with van der Waals surface area (Å²) in [5.74, 6) is 0.163. The number of aromatic nitrogens is 3. The number of aromatic amines is 1. The van der Waals surface area contributed by atoms with Crippen molar-refractivity contribution in [2.24, 2.45) is 0 Å². The minimum absolute atomic E-state index is 0.0913. The van der Waals surface area contributed by atoms with Crippen molar-refractivity contribution in [3.05, 3.63) is 11.6 Å². The lowest BCUT2D eigenvalue weighted by Crippen LogP contribution is -2.56. The van der Waals surface area contributed by atoms with E-state index in [0.717, 1.165) is 12.8 Å². The fraction of sp³-hybridized carbons (Fsp3) is 0.667. The van der Waals surface area contributed by atoms with Crippen molar-refractivity contribution in [3.8, 4) is 0 Å². The molecule has 2 aliphatic rings. The monoisotopic (exact) mass is 279 g/mol. The molecule has 1 aromatic rings. The number of carbonyl (C=O) groups excluding carboxylic acids is 2. The Labute approximate surface area is 115 Å². The van der Waals surface area contributed by atoms with Crippen molar-refractivity contribution >= 4 is 11.8 Å². The maximum atomic E-state index is 12.4. The van der Waals surface area contributed by atoms with Crippen LogP contribution >= 0.6 is 0 Å². The molecule has 0 aromatic carbocycles. The highest BCUT2D eigenvalue weighted by atomic mass is 16.5. The molecule has 2 amide bonds. The molecule has 0 bridgehead atoms. The molecule has 2 fully saturated rings. The second-order valence-corrected chi connectivity index (χ2v) is 5.12. The first kappa shape index (κ1) is 13.0. The van der Waals surface area contributed by atoms with Crippen molar-refractivity contribution in [2.75, 3.05) is 19.8 Å². The Morgan fingerprint density at radius 2 is 2.25 bits per heavy atom. The Morgan fingerprint density at radius 3 is 2.90 bits per heavy atom. The van der Waals surface area contributed by atoms with Gasteiger partial charge in [-0.15, -0.1) is 5.10 Å². The number of H-pyrrole nitrogens is 1. The highest BCUT2D eigenvalue weighted by Crippen LogP contribution is 2.20. The van der Waals surface area contributed by atoms with E-state index in [0.29, 0.717) is 19.0 Å². The van der Waals surface area contributed by atoms with Gasteiger partial charge in [-0.3, -0.25) is 14.7 Å². The van der Waals surface area contributed by atoms with E-state index in [2.05, 4.69) is 20.5 Å². The summed E-state index contributed by atoms with van der Waals surface area (Å²) in [6.07, 6.45) is 2.01. The molecule has 3 rings (SSSR count). The Morgan fingerprint density at radius 1 is 1.45 bits per heavy atom. The van der Waals surface area contributed by atoms with Crippen LogP contribution in [0.4, 0.5) is 0 Å². The van der Waals surface area contributed by atoms with E-state index in [1.165, 1.54) is 4.90 Å². The predicted octanol–water partition coefficient (Wildman–Crippen LogP) is -0.767. The van der Waals surface area contributed by atoms with Gasteiger partial charge in [0.2, 0.25) is 11.7 Å². The van der Waals surface area contributed by atoms with Crippen LogP contribution in [-0.2, 0) is 9.53 Å². The molecule has 0 radical (unpaired) electrons. The van der Waals surface area contributed by atoms with Gasteiger partial charge in [0.25, 0.3) is 5.91 Å². The molecule has 8 nitrogen and oxygen atoms in total. The van der Waals surface area contributed by atoms with Crippen LogP contribution in [-0.4, -0.2) is 63.7 Å². The molecule has 2 N–H and O–H groups in total. The van der Waals surface area contributed by atoms with Gasteiger partial charge in [-0.25, -0.2) is 4.98 Å². The number of carbonyl (C=O) groups is 2. The summed E-state index contributed by atoms with van der Waals surface area (Å²) >= 11 is 0. The normalized spacial score (nSPS) is 22.6. The lowest BCUT2D eigenvalue weighted by Gasteiger charge is -2.33. The highest BCUT2D eigenvalue weighted by Gasteiger charge is 2.36. The molecule has 1 aromatic heterocycles. The molecule has 1 atom stereocenters. The Bertz CT molecular complexity index is 525. The first-order valence-corrected chi connectivity index (χ1v) is 6.73. The summed E-state index contributed by atoms with van der Waals surface area (Å²) in [4.78, 5) is 30.1. The van der Waals surface area contributed by atoms with Crippen LogP contribution in [0.5, 0.6) is 0 Å². The van der Waals surface area contributed by atoms with E-state index >= 15 is 0 Å². The second kappa shape index (κ2) is 5.20. The standard InChI is InChI=1S/C12H17N5O3/c1-7-13-10(16-15-7)12(19)17-4-5-20-6-9(17)11(18)14-8-2-3-8/h8-9H,2-6H2,1H3,(H,14,18)(H,13,15,16). The largest absolute Gasteiger partial charge is 0.377 e. The summed E-state index contributed by atoms with van der Waals surface area (Å²) < 4.78 is 5.32. The molecule has 1 unspecified atom stereocenters. The van der Waals surface area contributed by atoms with E-state index < -0.39 is 6.04 Å². The number of nitrogens with zero attached hydrogens (tertiary/aromatic N) is 3. The molecule has 1 aliphatic heterocycles. The number of hydrogen-bond acceptors (Lipinski definition) is 5. The summed E-state index contributed by atoms with van der Waals surface area (Å²) in [5.41, 5.74) is 0. The fourth-order valence-corrected chi connectivity index (χ4v) is 2.16. The van der Waals surface area contributed by atoms with Gasteiger partial charge in [0, 0.05) is 12.6 Å². The Hall–Kier alpha value is -1.96. The third-order valence-corrected chi connectivity index (χ3v) is 3.40. The van der Waals surface area contributed by atoms with Crippen LogP contribution in [0.2, 0.25) is 0 Å². The van der Waals surface area contributed by atoms with Crippen molar-refractivity contribution in [1.29, 1.82) is 0 Å². The zero-order chi connectivity index (χ0) is 14.1. The molecule has 8 heteroatoms. The molecule has 20 heavy (non-hydrogen) atoms. The average Bonchev–Trinajstić information content (AvgIpc) is 3.16. The van der Waals surface area contributed by atoms with Crippen LogP contribution in [0.3, 0.4) is 0 Å². The van der Waals surface area contributed by atoms with Gasteiger partial charge >= 0.3 is 0 Å². The number of rotatable bonds is 3. The minimum Gasteiger partial charge on any atom is -0.377 e. The van der Waals surface area contributed by atoms with Gasteiger partial charge in [-0.1, -0.05) is 0 Å². The molecular weight excluding hydrogens is 262 g/mol. The summed E-state index contributed by atoms with van der Waals surface area (Å²) in [5, 5.41) is 9.40. The maximum Gasteiger partial charge on any atom is 0.294 e. The zero-order valence-corrected chi connectivity index (χ0v) is 11.3. The molecule has 0 spiro atoms. The third-order valence-electron chi connectivity index (χ3n) is 3.40. The van der Waals surface area contributed by atoms with Crippen LogP contribution in [0, 0.1) is 6.92 Å². The van der Waals surface area contributed by atoms with Gasteiger partial charge in [-0.05, 0) is 19.8 Å². The number of amides is 2. The quantitative estimate of drug-likeness (QED) is 0.757. The summed E-state index contributed by atoms with van der Waals surface area (Å²) in [7, 11) is 0. The van der Waals surface area contributed by atoms with Gasteiger partial charge in [0.05, 0.1) is 13.2 Å². The SMILES string of the molecule is Cc1nc(C(=O)N2CCOCC2C(=O)NC2CC2)n[nH]1. The molecule has 1 aliphatic carbocycles. The number of morpholine rings is 1. The van der Waals surface area contributed by atoms with E-state index in [1.54, 1.807) is 6.92 Å². The number of nitrogens with one attached hydrogen (secondary N) is 2. The molecule has 108 valence electrons. The van der Waals surface area contributed by atoms with Crippen LogP contribution in [0.25, 0.3) is 0 Å². The Kier molecular flexibility index (Phi) is 3.39. The first-order chi connectivity index (χ1) is 9.65. The third kappa shape index (κ3) is 2.64. The zero-order valence-electron chi connectivity index (χ0n) is 11.3. The van der Waals surface area contributed by atoms with Gasteiger partial charge in [0.15, 0.2) is 0 Å². The topological polar surface area (TPSA) is 100 Å². The molecule has 1 saturated carbocycles. The lowest BCUT2D eigenvalue weighted by molar-refractivity contribution is -0.130. The molecule has 1 saturated heterocycles. The smallest absolute Gasteiger partial charge is 0.294 e. The number of ether oxygens (including phenoxy) is 1. The Balaban J connectivity index is 1.73. The fourth-order valence-electron chi connectivity index (χ4n) is 2.16.